The number of aromatic nitrogens is 2. The highest BCUT2D eigenvalue weighted by atomic mass is 19.4. The van der Waals surface area contributed by atoms with Gasteiger partial charge in [-0.1, -0.05) is 32.1 Å². The minimum atomic E-state index is -4.22. The Balaban J connectivity index is 1.92. The van der Waals surface area contributed by atoms with Gasteiger partial charge in [0.1, 0.15) is 5.82 Å². The van der Waals surface area contributed by atoms with Crippen LogP contribution in [0, 0.1) is 12.3 Å². The molecule has 0 radical (unpaired) electrons. The van der Waals surface area contributed by atoms with Crippen LogP contribution >= 0.6 is 0 Å². The third-order valence-electron chi connectivity index (χ3n) is 5.19. The summed E-state index contributed by atoms with van der Waals surface area (Å²) in [6.45, 7) is 11.7. The largest absolute Gasteiger partial charge is 0.394 e. The van der Waals surface area contributed by atoms with Gasteiger partial charge in [0.05, 0.1) is 22.0 Å². The number of allylic oxidation sites excluding steroid dienone is 1. The Kier molecular flexibility index (Phi) is 6.34. The summed E-state index contributed by atoms with van der Waals surface area (Å²) in [5.74, 6) is 0.854. The highest BCUT2D eigenvalue weighted by molar-refractivity contribution is 5.79. The van der Waals surface area contributed by atoms with Crippen LogP contribution < -0.4 is 0 Å². The van der Waals surface area contributed by atoms with Gasteiger partial charge < -0.3 is 10.1 Å². The monoisotopic (exact) mass is 396 g/mol. The zero-order chi connectivity index (χ0) is 21.3. The van der Waals surface area contributed by atoms with E-state index in [-0.39, 0.29) is 6.42 Å². The minimum absolute atomic E-state index is 0.0416. The van der Waals surface area contributed by atoms with Crippen molar-refractivity contribution >= 4 is 11.0 Å². The second kappa shape index (κ2) is 7.90. The summed E-state index contributed by atoms with van der Waals surface area (Å²) in [5, 5.41) is 10.2. The number of aliphatic hydroxyl groups is 1. The Morgan fingerprint density at radius 2 is 1.79 bits per heavy atom. The number of imidazole rings is 1. The number of hydrogen-bond donors (Lipinski definition) is 2. The number of halogens is 3. The molecule has 0 atom stereocenters. The molecule has 2 aromatic rings. The Bertz CT molecular complexity index is 842. The molecule has 1 aromatic heterocycles. The molecule has 3 nitrogen and oxygen atoms in total. The molecule has 0 amide bonds. The molecular weight excluding hydrogens is 365 g/mol. The SMILES string of the molecule is C=C(CCCCc1nc2c(C)cc(C(C)(C)O)cc2[nH]1)CC(C)(C)C(F)(F)F. The number of rotatable bonds is 8. The molecule has 0 aliphatic heterocycles. The van der Waals surface area contributed by atoms with Crippen LogP contribution in [0.2, 0.25) is 0 Å². The highest BCUT2D eigenvalue weighted by Gasteiger charge is 2.46. The first-order valence-electron chi connectivity index (χ1n) is 9.66. The summed E-state index contributed by atoms with van der Waals surface area (Å²) in [7, 11) is 0. The molecule has 0 unspecified atom stereocenters. The third kappa shape index (κ3) is 5.37. The molecule has 28 heavy (non-hydrogen) atoms. The lowest BCUT2D eigenvalue weighted by Gasteiger charge is -2.28. The minimum Gasteiger partial charge on any atom is -0.386 e. The van der Waals surface area contributed by atoms with E-state index in [1.54, 1.807) is 13.8 Å². The van der Waals surface area contributed by atoms with Crippen molar-refractivity contribution in [3.63, 3.8) is 0 Å². The van der Waals surface area contributed by atoms with E-state index in [4.69, 9.17) is 0 Å². The standard InChI is InChI=1S/C22H31F3N2O/c1-14(13-20(3,4)22(23,24)25)9-7-8-10-18-26-17-12-16(21(5,6)28)11-15(2)19(17)27-18/h11-12,28H,1,7-10,13H2,2-6H3,(H,26,27). The maximum atomic E-state index is 13.0. The summed E-state index contributed by atoms with van der Waals surface area (Å²) in [6, 6.07) is 3.86. The molecule has 0 aliphatic rings. The van der Waals surface area contributed by atoms with Crippen LogP contribution in [0.3, 0.4) is 0 Å². The van der Waals surface area contributed by atoms with E-state index < -0.39 is 17.2 Å². The fourth-order valence-corrected chi connectivity index (χ4v) is 3.29. The van der Waals surface area contributed by atoms with Crippen molar-refractivity contribution in [2.75, 3.05) is 0 Å². The van der Waals surface area contributed by atoms with Crippen molar-refractivity contribution in [3.8, 4) is 0 Å². The maximum Gasteiger partial charge on any atom is 0.394 e. The molecule has 0 saturated carbocycles. The average Bonchev–Trinajstić information content (AvgIpc) is 2.92. The lowest BCUT2D eigenvalue weighted by atomic mass is 9.84. The fraction of sp³-hybridized carbons (Fsp3) is 0.591. The number of nitrogens with one attached hydrogen (secondary N) is 1. The summed E-state index contributed by atoms with van der Waals surface area (Å²) in [4.78, 5) is 7.94. The molecule has 1 aromatic carbocycles. The van der Waals surface area contributed by atoms with Crippen molar-refractivity contribution in [2.24, 2.45) is 5.41 Å². The Morgan fingerprint density at radius 3 is 2.36 bits per heavy atom. The number of benzene rings is 1. The van der Waals surface area contributed by atoms with Crippen LogP contribution in [0.5, 0.6) is 0 Å². The maximum absolute atomic E-state index is 13.0. The van der Waals surface area contributed by atoms with E-state index in [9.17, 15) is 18.3 Å². The summed E-state index contributed by atoms with van der Waals surface area (Å²) in [5.41, 5.74) is 1.59. The first-order chi connectivity index (χ1) is 12.7. The molecule has 1 heterocycles. The second-order valence-electron chi connectivity index (χ2n) is 8.95. The number of alkyl halides is 3. The number of aryl methyl sites for hydroxylation is 2. The van der Waals surface area contributed by atoms with Crippen LogP contribution in [-0.4, -0.2) is 21.3 Å². The Labute approximate surface area is 165 Å². The van der Waals surface area contributed by atoms with Crippen molar-refractivity contribution in [1.82, 2.24) is 9.97 Å². The van der Waals surface area contributed by atoms with Gasteiger partial charge in [-0.05, 0) is 63.6 Å². The number of unbranched alkanes of at least 4 members (excludes halogenated alkanes) is 1. The number of H-pyrrole nitrogens is 1. The first kappa shape index (κ1) is 22.5. The first-order valence-corrected chi connectivity index (χ1v) is 9.66. The molecule has 0 saturated heterocycles. The van der Waals surface area contributed by atoms with Gasteiger partial charge in [-0.3, -0.25) is 0 Å². The van der Waals surface area contributed by atoms with E-state index >= 15 is 0 Å². The van der Waals surface area contributed by atoms with Gasteiger partial charge in [-0.2, -0.15) is 13.2 Å². The van der Waals surface area contributed by atoms with E-state index in [1.165, 1.54) is 13.8 Å². The van der Waals surface area contributed by atoms with Crippen LogP contribution in [0.1, 0.15) is 70.3 Å². The van der Waals surface area contributed by atoms with E-state index in [2.05, 4.69) is 16.5 Å². The van der Waals surface area contributed by atoms with Crippen LogP contribution in [0.15, 0.2) is 24.3 Å². The van der Waals surface area contributed by atoms with Crippen molar-refractivity contribution < 1.29 is 18.3 Å². The molecule has 0 fully saturated rings. The topological polar surface area (TPSA) is 48.9 Å². The molecular formula is C22H31F3N2O. The lowest BCUT2D eigenvalue weighted by Crippen LogP contribution is -2.32. The van der Waals surface area contributed by atoms with Crippen LogP contribution in [0.25, 0.3) is 11.0 Å². The summed E-state index contributed by atoms with van der Waals surface area (Å²) in [6.07, 6.45) is -1.35. The van der Waals surface area contributed by atoms with Gasteiger partial charge in [0.2, 0.25) is 0 Å². The number of hydrogen-bond acceptors (Lipinski definition) is 2. The molecule has 0 aliphatic carbocycles. The highest BCUT2D eigenvalue weighted by Crippen LogP contribution is 2.42. The quantitative estimate of drug-likeness (QED) is 0.404. The van der Waals surface area contributed by atoms with Crippen molar-refractivity contribution in [1.29, 1.82) is 0 Å². The van der Waals surface area contributed by atoms with E-state index in [0.717, 1.165) is 47.2 Å². The van der Waals surface area contributed by atoms with Gasteiger partial charge in [0.25, 0.3) is 0 Å². The predicted octanol–water partition coefficient (Wildman–Crippen LogP) is 6.35. The van der Waals surface area contributed by atoms with Crippen LogP contribution in [0.4, 0.5) is 13.2 Å². The summed E-state index contributed by atoms with van der Waals surface area (Å²) < 4.78 is 38.9. The molecule has 2 rings (SSSR count). The number of nitrogens with zero attached hydrogens (tertiary/aromatic N) is 1. The van der Waals surface area contributed by atoms with Crippen molar-refractivity contribution in [3.05, 3.63) is 41.2 Å². The van der Waals surface area contributed by atoms with Gasteiger partial charge in [-0.25, -0.2) is 4.98 Å². The number of fused-ring (bicyclic) bond motifs is 1. The Morgan fingerprint density at radius 1 is 1.14 bits per heavy atom. The van der Waals surface area contributed by atoms with E-state index in [1.807, 2.05) is 19.1 Å². The van der Waals surface area contributed by atoms with Gasteiger partial charge in [0.15, 0.2) is 0 Å². The molecule has 0 spiro atoms. The predicted molar refractivity (Wildman–Crippen MR) is 107 cm³/mol. The molecule has 2 N–H and O–H groups in total. The zero-order valence-corrected chi connectivity index (χ0v) is 17.4. The van der Waals surface area contributed by atoms with Crippen molar-refractivity contribution in [2.45, 2.75) is 78.5 Å². The van der Waals surface area contributed by atoms with Crippen LogP contribution in [-0.2, 0) is 12.0 Å². The third-order valence-corrected chi connectivity index (χ3v) is 5.19. The molecule has 6 heteroatoms. The smallest absolute Gasteiger partial charge is 0.386 e. The molecule has 0 bridgehead atoms. The number of aromatic amines is 1. The van der Waals surface area contributed by atoms with Gasteiger partial charge >= 0.3 is 6.18 Å². The normalized spacial score (nSPS) is 13.3. The second-order valence-corrected chi connectivity index (χ2v) is 8.95. The fourth-order valence-electron chi connectivity index (χ4n) is 3.29. The average molecular weight is 396 g/mol. The summed E-state index contributed by atoms with van der Waals surface area (Å²) >= 11 is 0. The lowest BCUT2D eigenvalue weighted by molar-refractivity contribution is -0.211. The van der Waals surface area contributed by atoms with Gasteiger partial charge in [-0.15, -0.1) is 0 Å². The zero-order valence-electron chi connectivity index (χ0n) is 17.4. The van der Waals surface area contributed by atoms with E-state index in [0.29, 0.717) is 12.0 Å². The van der Waals surface area contributed by atoms with Gasteiger partial charge in [0, 0.05) is 6.42 Å². The Hall–Kier alpha value is -1.82. The molecule has 156 valence electrons.